The molecule has 2 amide bonds. The van der Waals surface area contributed by atoms with Gasteiger partial charge in [0, 0.05) is 36.1 Å². The van der Waals surface area contributed by atoms with Crippen LogP contribution in [0.5, 0.6) is 5.88 Å². The normalized spacial score (nSPS) is 28.3. The zero-order chi connectivity index (χ0) is 28.2. The Morgan fingerprint density at radius 1 is 1.21 bits per heavy atom. The summed E-state index contributed by atoms with van der Waals surface area (Å²) in [6.07, 6.45) is -5.06. The van der Waals surface area contributed by atoms with Gasteiger partial charge in [0.1, 0.15) is 5.69 Å². The maximum absolute atomic E-state index is 14.3. The van der Waals surface area contributed by atoms with Gasteiger partial charge >= 0.3 is 6.18 Å². The molecule has 2 aromatic rings. The van der Waals surface area contributed by atoms with Gasteiger partial charge in [0.15, 0.2) is 11.4 Å². The number of nitrogens with one attached hydrogen (secondary N) is 2. The number of hydrogen-bond donors (Lipinski definition) is 4. The molecule has 3 heterocycles. The molecule has 2 aromatic heterocycles. The predicted molar refractivity (Wildman–Crippen MR) is 127 cm³/mol. The summed E-state index contributed by atoms with van der Waals surface area (Å²) in [4.78, 5) is 31.8. The third-order valence-electron chi connectivity index (χ3n) is 8.20. The molecule has 10 nitrogen and oxygen atoms in total. The van der Waals surface area contributed by atoms with Crippen LogP contribution in [0.3, 0.4) is 0 Å². The summed E-state index contributed by atoms with van der Waals surface area (Å²) in [6.45, 7) is 0.268. The van der Waals surface area contributed by atoms with Gasteiger partial charge in [-0.05, 0) is 44.6 Å². The molecule has 39 heavy (non-hydrogen) atoms. The van der Waals surface area contributed by atoms with E-state index in [4.69, 9.17) is 4.74 Å². The molecule has 1 unspecified atom stereocenters. The van der Waals surface area contributed by atoms with E-state index in [-0.39, 0.29) is 47.6 Å². The Morgan fingerprint density at radius 2 is 1.95 bits per heavy atom. The number of amides is 2. The number of carbonyl (C=O) groups is 2. The van der Waals surface area contributed by atoms with E-state index in [1.54, 1.807) is 4.90 Å². The van der Waals surface area contributed by atoms with E-state index in [1.807, 2.05) is 0 Å². The van der Waals surface area contributed by atoms with Gasteiger partial charge < -0.3 is 25.2 Å². The quantitative estimate of drug-likeness (QED) is 0.415. The summed E-state index contributed by atoms with van der Waals surface area (Å²) in [5.74, 6) is -1.64. The number of aromatic nitrogens is 3. The van der Waals surface area contributed by atoms with Crippen LogP contribution in [0.4, 0.5) is 17.6 Å². The van der Waals surface area contributed by atoms with E-state index in [1.165, 1.54) is 19.2 Å². The number of aliphatic hydroxyl groups is 2. The van der Waals surface area contributed by atoms with E-state index in [0.29, 0.717) is 25.7 Å². The lowest BCUT2D eigenvalue weighted by molar-refractivity contribution is -0.279. The number of aromatic amines is 1. The number of hydrogen-bond acceptors (Lipinski definition) is 7. The minimum atomic E-state index is -4.87. The van der Waals surface area contributed by atoms with Crippen molar-refractivity contribution in [2.75, 3.05) is 13.7 Å². The molecule has 0 radical (unpaired) electrons. The maximum Gasteiger partial charge on any atom is 0.417 e. The lowest BCUT2D eigenvalue weighted by Gasteiger charge is -2.42. The molecule has 14 heteroatoms. The highest BCUT2D eigenvalue weighted by molar-refractivity contribution is 5.94. The van der Waals surface area contributed by atoms with Gasteiger partial charge in [0.2, 0.25) is 11.8 Å². The average Bonchev–Trinajstić information content (AvgIpc) is 3.46. The summed E-state index contributed by atoms with van der Waals surface area (Å²) in [5.41, 5.74) is -3.02. The zero-order valence-electron chi connectivity index (χ0n) is 21.1. The minimum absolute atomic E-state index is 0.118. The van der Waals surface area contributed by atoms with Crippen molar-refractivity contribution in [3.8, 4) is 17.1 Å². The number of rotatable bonds is 5. The molecule has 0 aromatic carbocycles. The van der Waals surface area contributed by atoms with Crippen LogP contribution in [0.25, 0.3) is 11.3 Å². The van der Waals surface area contributed by atoms with Crippen LogP contribution < -0.4 is 10.1 Å². The fraction of sp³-hybridized carbons (Fsp3) is 0.600. The van der Waals surface area contributed by atoms with E-state index in [9.17, 15) is 37.4 Å². The van der Waals surface area contributed by atoms with Crippen LogP contribution in [-0.4, -0.2) is 85.2 Å². The molecular weight excluding hydrogens is 526 g/mol. The molecule has 0 bridgehead atoms. The van der Waals surface area contributed by atoms with Gasteiger partial charge in [-0.25, -0.2) is 9.37 Å². The number of aliphatic hydroxyl groups excluding tert-OH is 1. The monoisotopic (exact) mass is 555 g/mol. The van der Waals surface area contributed by atoms with Gasteiger partial charge in [0.25, 0.3) is 5.91 Å². The molecular formula is C25H29F4N5O5. The van der Waals surface area contributed by atoms with Crippen molar-refractivity contribution in [1.82, 2.24) is 25.4 Å². The van der Waals surface area contributed by atoms with Gasteiger partial charge in [-0.2, -0.15) is 18.3 Å². The molecule has 1 aliphatic heterocycles. The summed E-state index contributed by atoms with van der Waals surface area (Å²) in [5, 5.41) is 29.5. The van der Waals surface area contributed by atoms with E-state index < -0.39 is 54.0 Å². The van der Waals surface area contributed by atoms with Crippen LogP contribution in [0.15, 0.2) is 18.3 Å². The Labute approximate surface area is 220 Å². The standard InChI is InChI=1S/C25H29F4N5O5/c1-39-20-8-14(15(26)12-30-20)17-9-18(33-32-17)22(37)34-7-3-13(10-23(34)5-6-23)21(36)31-16-2-4-24(38,11-19(16)35)25(27,28)29/h8-9,12-13,16,19,35,38H,2-7,10-11H2,1H3,(H,31,36)(H,32,33)/t13?,16-,19+,24-/m1/s1. The van der Waals surface area contributed by atoms with E-state index in [0.717, 1.165) is 6.20 Å². The fourth-order valence-electron chi connectivity index (χ4n) is 5.70. The molecule has 212 valence electrons. The van der Waals surface area contributed by atoms with Crippen LogP contribution in [0.1, 0.15) is 55.4 Å². The van der Waals surface area contributed by atoms with Crippen molar-refractivity contribution < 1.29 is 42.1 Å². The molecule has 4 N–H and O–H groups in total. The van der Waals surface area contributed by atoms with Crippen molar-refractivity contribution in [1.29, 1.82) is 0 Å². The Kier molecular flexibility index (Phi) is 6.82. The largest absolute Gasteiger partial charge is 0.481 e. The molecule has 2 saturated carbocycles. The number of alkyl halides is 3. The van der Waals surface area contributed by atoms with Crippen molar-refractivity contribution in [3.63, 3.8) is 0 Å². The predicted octanol–water partition coefficient (Wildman–Crippen LogP) is 2.33. The fourth-order valence-corrected chi connectivity index (χ4v) is 5.70. The highest BCUT2D eigenvalue weighted by Crippen LogP contribution is 2.50. The Hall–Kier alpha value is -3.26. The average molecular weight is 556 g/mol. The van der Waals surface area contributed by atoms with Crippen LogP contribution >= 0.6 is 0 Å². The first-order chi connectivity index (χ1) is 18.4. The molecule has 1 saturated heterocycles. The number of ether oxygens (including phenoxy) is 1. The van der Waals surface area contributed by atoms with Crippen molar-refractivity contribution in [2.24, 2.45) is 5.92 Å². The summed E-state index contributed by atoms with van der Waals surface area (Å²) >= 11 is 0. The number of halogens is 4. The van der Waals surface area contributed by atoms with E-state index in [2.05, 4.69) is 20.5 Å². The molecule has 1 spiro atoms. The smallest absolute Gasteiger partial charge is 0.417 e. The number of carbonyl (C=O) groups excluding carboxylic acids is 2. The third-order valence-corrected chi connectivity index (χ3v) is 8.20. The number of H-pyrrole nitrogens is 1. The minimum Gasteiger partial charge on any atom is -0.481 e. The molecule has 3 aliphatic rings. The second-order valence-electron chi connectivity index (χ2n) is 10.7. The number of piperidine rings is 1. The molecule has 5 rings (SSSR count). The maximum atomic E-state index is 14.3. The highest BCUT2D eigenvalue weighted by atomic mass is 19.4. The first kappa shape index (κ1) is 27.3. The SMILES string of the molecule is COc1cc(-c2cc(C(=O)N3CCC(C(=O)N[C@@H]4CC[C@](O)(C(F)(F)F)C[C@@H]4O)CC34CC4)[nH]n2)c(F)cn1. The van der Waals surface area contributed by atoms with Crippen molar-refractivity contribution in [3.05, 3.63) is 29.8 Å². The summed E-state index contributed by atoms with van der Waals surface area (Å²) in [6, 6.07) is 1.92. The van der Waals surface area contributed by atoms with Crippen LogP contribution in [-0.2, 0) is 4.79 Å². The lowest BCUT2D eigenvalue weighted by Crippen LogP contribution is -2.58. The summed E-state index contributed by atoms with van der Waals surface area (Å²) < 4.78 is 58.7. The second-order valence-corrected chi connectivity index (χ2v) is 10.7. The number of nitrogens with zero attached hydrogens (tertiary/aromatic N) is 3. The van der Waals surface area contributed by atoms with Gasteiger partial charge in [-0.15, -0.1) is 0 Å². The topological polar surface area (TPSA) is 141 Å². The second kappa shape index (κ2) is 9.73. The first-order valence-corrected chi connectivity index (χ1v) is 12.7. The Bertz CT molecular complexity index is 1270. The van der Waals surface area contributed by atoms with Gasteiger partial charge in [0.05, 0.1) is 31.1 Å². The zero-order valence-corrected chi connectivity index (χ0v) is 21.1. The number of pyridine rings is 1. The Morgan fingerprint density at radius 3 is 2.59 bits per heavy atom. The third kappa shape index (κ3) is 5.07. The number of methoxy groups -OCH3 is 1. The summed E-state index contributed by atoms with van der Waals surface area (Å²) in [7, 11) is 1.40. The van der Waals surface area contributed by atoms with Gasteiger partial charge in [-0.1, -0.05) is 0 Å². The Balaban J connectivity index is 1.22. The van der Waals surface area contributed by atoms with Crippen LogP contribution in [0.2, 0.25) is 0 Å². The van der Waals surface area contributed by atoms with Crippen molar-refractivity contribution >= 4 is 11.8 Å². The van der Waals surface area contributed by atoms with Gasteiger partial charge in [-0.3, -0.25) is 14.7 Å². The van der Waals surface area contributed by atoms with Crippen molar-refractivity contribution in [2.45, 2.75) is 74.4 Å². The number of likely N-dealkylation sites (tertiary alicyclic amines) is 1. The lowest BCUT2D eigenvalue weighted by atomic mass is 9.79. The first-order valence-electron chi connectivity index (χ1n) is 12.7. The molecule has 2 aliphatic carbocycles. The van der Waals surface area contributed by atoms with E-state index >= 15 is 0 Å². The van der Waals surface area contributed by atoms with Crippen LogP contribution in [0, 0.1) is 11.7 Å². The molecule has 4 atom stereocenters. The highest BCUT2D eigenvalue weighted by Gasteiger charge is 2.58. The molecule has 3 fully saturated rings.